The molecule has 1 unspecified atom stereocenters. The maximum atomic E-state index is 12.8. The van der Waals surface area contributed by atoms with E-state index in [9.17, 15) is 13.5 Å². The lowest BCUT2D eigenvalue weighted by molar-refractivity contribution is 0.391. The molecule has 3 nitrogen and oxygen atoms in total. The molecule has 23 heavy (non-hydrogen) atoms. The highest BCUT2D eigenvalue weighted by molar-refractivity contribution is 7.92. The Labute approximate surface area is 140 Å². The van der Waals surface area contributed by atoms with Crippen LogP contribution in [0.4, 0.5) is 0 Å². The zero-order chi connectivity index (χ0) is 17.5. The molecule has 0 aliphatic heterocycles. The zero-order valence-electron chi connectivity index (χ0n) is 14.1. The van der Waals surface area contributed by atoms with Crippen molar-refractivity contribution in [2.45, 2.75) is 50.2 Å². The van der Waals surface area contributed by atoms with E-state index < -0.39 is 15.1 Å². The molecule has 0 aliphatic rings. The van der Waals surface area contributed by atoms with Crippen LogP contribution in [0.3, 0.4) is 0 Å². The Hall–Kier alpha value is -1.81. The first-order valence-electron chi connectivity index (χ1n) is 7.70. The lowest BCUT2D eigenvalue weighted by atomic mass is 10.1. The summed E-state index contributed by atoms with van der Waals surface area (Å²) in [5.74, 6) is -0.122. The molecule has 0 saturated carbocycles. The lowest BCUT2D eigenvalue weighted by Gasteiger charge is -2.15. The molecule has 1 atom stereocenters. The van der Waals surface area contributed by atoms with Gasteiger partial charge in [-0.05, 0) is 45.7 Å². The van der Waals surface area contributed by atoms with E-state index >= 15 is 0 Å². The molecule has 1 rings (SSSR count). The molecule has 1 aromatic rings. The predicted molar refractivity (Wildman–Crippen MR) is 96.2 cm³/mol. The van der Waals surface area contributed by atoms with Gasteiger partial charge in [0.15, 0.2) is 9.84 Å². The second-order valence-electron chi connectivity index (χ2n) is 6.00. The van der Waals surface area contributed by atoms with Crippen molar-refractivity contribution in [1.29, 1.82) is 0 Å². The molecule has 1 N–H and O–H groups in total. The van der Waals surface area contributed by atoms with Crippen LogP contribution in [-0.4, -0.2) is 18.8 Å². The second kappa shape index (κ2) is 8.73. The number of aliphatic hydroxyl groups is 1. The highest BCUT2D eigenvalue weighted by Gasteiger charge is 2.26. The van der Waals surface area contributed by atoms with E-state index in [-0.39, 0.29) is 17.1 Å². The number of allylic oxidation sites excluding steroid dienone is 4. The summed E-state index contributed by atoms with van der Waals surface area (Å²) < 4.78 is 25.6. The van der Waals surface area contributed by atoms with Crippen LogP contribution in [0.5, 0.6) is 0 Å². The first-order chi connectivity index (χ1) is 10.7. The van der Waals surface area contributed by atoms with E-state index in [1.54, 1.807) is 36.4 Å². The van der Waals surface area contributed by atoms with E-state index in [0.717, 1.165) is 18.4 Å². The van der Waals surface area contributed by atoms with Crippen molar-refractivity contribution in [3.05, 3.63) is 66.0 Å². The van der Waals surface area contributed by atoms with Gasteiger partial charge in [0.2, 0.25) is 0 Å². The van der Waals surface area contributed by atoms with Gasteiger partial charge < -0.3 is 5.11 Å². The molecule has 0 saturated heterocycles. The Morgan fingerprint density at radius 2 is 1.83 bits per heavy atom. The van der Waals surface area contributed by atoms with Gasteiger partial charge in [0.05, 0.1) is 15.9 Å². The minimum absolute atomic E-state index is 0.0111. The molecule has 0 spiro atoms. The summed E-state index contributed by atoms with van der Waals surface area (Å²) in [5, 5.41) is 8.70. The van der Waals surface area contributed by atoms with Crippen LogP contribution in [0.2, 0.25) is 0 Å². The van der Waals surface area contributed by atoms with Crippen LogP contribution in [0.1, 0.15) is 40.0 Å². The smallest absolute Gasteiger partial charge is 0.185 e. The summed E-state index contributed by atoms with van der Waals surface area (Å²) >= 11 is 0. The zero-order valence-corrected chi connectivity index (χ0v) is 14.9. The Bertz CT molecular complexity index is 679. The third kappa shape index (κ3) is 6.45. The normalized spacial score (nSPS) is 13.4. The van der Waals surface area contributed by atoms with Gasteiger partial charge in [0.25, 0.3) is 0 Å². The standard InChI is InChI=1S/C19H26O3S/c1-15(2)9-8-10-16(3)13-19(14-17(4)20)23(21,22)18-11-6-5-7-12-18/h5-7,9,11-13,19-20H,4,8,10,14H2,1-3H3. The van der Waals surface area contributed by atoms with Crippen molar-refractivity contribution in [3.8, 4) is 0 Å². The average molecular weight is 334 g/mol. The molecule has 0 radical (unpaired) electrons. The SMILES string of the molecule is C=C(O)CC(C=C(C)CCC=C(C)C)S(=O)(=O)c1ccccc1. The Kier molecular flexibility index (Phi) is 7.30. The third-order valence-electron chi connectivity index (χ3n) is 3.47. The van der Waals surface area contributed by atoms with Crippen molar-refractivity contribution >= 4 is 9.84 Å². The van der Waals surface area contributed by atoms with Gasteiger partial charge in [-0.25, -0.2) is 8.42 Å². The number of sulfone groups is 1. The molecule has 126 valence electrons. The van der Waals surface area contributed by atoms with Crippen LogP contribution in [-0.2, 0) is 9.84 Å². The van der Waals surface area contributed by atoms with E-state index in [2.05, 4.69) is 12.7 Å². The van der Waals surface area contributed by atoms with Crippen LogP contribution < -0.4 is 0 Å². The minimum atomic E-state index is -3.55. The van der Waals surface area contributed by atoms with E-state index in [4.69, 9.17) is 0 Å². The van der Waals surface area contributed by atoms with Gasteiger partial charge in [-0.1, -0.05) is 48.1 Å². The molecule has 0 fully saturated rings. The summed E-state index contributed by atoms with van der Waals surface area (Å²) in [6.07, 6.45) is 5.55. The van der Waals surface area contributed by atoms with Crippen LogP contribution in [0, 0.1) is 0 Å². The fraction of sp³-hybridized carbons (Fsp3) is 0.368. The van der Waals surface area contributed by atoms with Gasteiger partial charge in [-0.3, -0.25) is 0 Å². The van der Waals surface area contributed by atoms with Crippen molar-refractivity contribution in [2.24, 2.45) is 0 Å². The second-order valence-corrected chi connectivity index (χ2v) is 8.17. The highest BCUT2D eigenvalue weighted by atomic mass is 32.2. The summed E-state index contributed by atoms with van der Waals surface area (Å²) in [6, 6.07) is 8.33. The monoisotopic (exact) mass is 334 g/mol. The van der Waals surface area contributed by atoms with E-state index in [1.807, 2.05) is 20.8 Å². The van der Waals surface area contributed by atoms with Gasteiger partial charge in [0.1, 0.15) is 0 Å². The quantitative estimate of drug-likeness (QED) is 0.538. The van der Waals surface area contributed by atoms with E-state index in [1.165, 1.54) is 5.57 Å². The summed E-state index contributed by atoms with van der Waals surface area (Å²) in [6.45, 7) is 9.45. The summed E-state index contributed by atoms with van der Waals surface area (Å²) in [7, 11) is -3.55. The van der Waals surface area contributed by atoms with Gasteiger partial charge in [0, 0.05) is 6.42 Å². The fourth-order valence-electron chi connectivity index (χ4n) is 2.26. The molecule has 0 amide bonds. The van der Waals surface area contributed by atoms with Gasteiger partial charge in [-0.2, -0.15) is 0 Å². The number of aliphatic hydroxyl groups excluding tert-OH is 1. The molecular weight excluding hydrogens is 308 g/mol. The molecule has 0 heterocycles. The largest absolute Gasteiger partial charge is 0.513 e. The van der Waals surface area contributed by atoms with Crippen molar-refractivity contribution in [1.82, 2.24) is 0 Å². The maximum absolute atomic E-state index is 12.8. The number of hydrogen-bond donors (Lipinski definition) is 1. The summed E-state index contributed by atoms with van der Waals surface area (Å²) in [5.41, 5.74) is 2.24. The first kappa shape index (κ1) is 19.2. The topological polar surface area (TPSA) is 54.4 Å². The van der Waals surface area contributed by atoms with Crippen molar-refractivity contribution < 1.29 is 13.5 Å². The maximum Gasteiger partial charge on any atom is 0.185 e. The van der Waals surface area contributed by atoms with Gasteiger partial charge >= 0.3 is 0 Å². The summed E-state index contributed by atoms with van der Waals surface area (Å²) in [4.78, 5) is 0.264. The van der Waals surface area contributed by atoms with Crippen LogP contribution >= 0.6 is 0 Å². The number of benzene rings is 1. The van der Waals surface area contributed by atoms with E-state index in [0.29, 0.717) is 0 Å². The molecule has 4 heteroatoms. The molecule has 0 bridgehead atoms. The van der Waals surface area contributed by atoms with Gasteiger partial charge in [-0.15, -0.1) is 0 Å². The van der Waals surface area contributed by atoms with Crippen molar-refractivity contribution in [2.75, 3.05) is 0 Å². The predicted octanol–water partition coefficient (Wildman–Crippen LogP) is 4.98. The van der Waals surface area contributed by atoms with Crippen LogP contribution in [0.25, 0.3) is 0 Å². The first-order valence-corrected chi connectivity index (χ1v) is 9.24. The van der Waals surface area contributed by atoms with Crippen molar-refractivity contribution in [3.63, 3.8) is 0 Å². The Morgan fingerprint density at radius 1 is 1.22 bits per heavy atom. The Balaban J connectivity index is 3.05. The lowest BCUT2D eigenvalue weighted by Crippen LogP contribution is -2.20. The third-order valence-corrected chi connectivity index (χ3v) is 5.50. The number of hydrogen-bond acceptors (Lipinski definition) is 3. The molecular formula is C19H26O3S. The average Bonchev–Trinajstić information content (AvgIpc) is 2.46. The van der Waals surface area contributed by atoms with Crippen LogP contribution in [0.15, 0.2) is 70.9 Å². The fourth-order valence-corrected chi connectivity index (χ4v) is 3.97. The molecule has 0 aromatic heterocycles. The number of rotatable bonds is 8. The minimum Gasteiger partial charge on any atom is -0.513 e. The highest BCUT2D eigenvalue weighted by Crippen LogP contribution is 2.23. The molecule has 0 aliphatic carbocycles. The molecule has 1 aromatic carbocycles. The Morgan fingerprint density at radius 3 is 2.35 bits per heavy atom.